The normalized spacial score (nSPS) is 15.6. The van der Waals surface area contributed by atoms with Crippen LogP contribution in [0.3, 0.4) is 0 Å². The minimum absolute atomic E-state index is 0.106. The van der Waals surface area contributed by atoms with Gasteiger partial charge in [-0.2, -0.15) is 13.2 Å². The van der Waals surface area contributed by atoms with Crippen LogP contribution >= 0.6 is 11.8 Å². The van der Waals surface area contributed by atoms with E-state index in [2.05, 4.69) is 22.2 Å². The zero-order valence-electron chi connectivity index (χ0n) is 11.1. The number of hydrogen-bond donors (Lipinski definition) is 1. The van der Waals surface area contributed by atoms with Crippen LogP contribution < -0.4 is 5.32 Å². The molecule has 0 saturated heterocycles. The van der Waals surface area contributed by atoms with E-state index in [1.54, 1.807) is 0 Å². The average molecular weight is 305 g/mol. The van der Waals surface area contributed by atoms with Crippen LogP contribution in [0, 0.1) is 0 Å². The maximum atomic E-state index is 11.9. The minimum Gasteiger partial charge on any atom is -0.371 e. The Morgan fingerprint density at radius 3 is 2.80 bits per heavy atom. The quantitative estimate of drug-likeness (QED) is 0.585. The third kappa shape index (κ3) is 6.63. The van der Waals surface area contributed by atoms with Gasteiger partial charge in [-0.15, -0.1) is 11.8 Å². The van der Waals surface area contributed by atoms with E-state index in [1.807, 2.05) is 12.1 Å². The number of alkyl halides is 3. The topological polar surface area (TPSA) is 21.3 Å². The smallest absolute Gasteiger partial charge is 0.371 e. The monoisotopic (exact) mass is 305 g/mol. The predicted octanol–water partition coefficient (Wildman–Crippen LogP) is 3.61. The molecule has 1 saturated carbocycles. The van der Waals surface area contributed by atoms with Crippen molar-refractivity contribution >= 4 is 11.8 Å². The van der Waals surface area contributed by atoms with Crippen LogP contribution in [0.1, 0.15) is 18.4 Å². The molecular weight excluding hydrogens is 287 g/mol. The molecule has 112 valence electrons. The molecule has 1 fully saturated rings. The van der Waals surface area contributed by atoms with Gasteiger partial charge in [0.2, 0.25) is 0 Å². The van der Waals surface area contributed by atoms with Gasteiger partial charge in [-0.3, -0.25) is 0 Å². The van der Waals surface area contributed by atoms with Gasteiger partial charge in [-0.05, 0) is 30.5 Å². The van der Waals surface area contributed by atoms with E-state index in [-0.39, 0.29) is 6.61 Å². The van der Waals surface area contributed by atoms with Crippen molar-refractivity contribution in [2.75, 3.05) is 19.0 Å². The number of benzene rings is 1. The molecule has 20 heavy (non-hydrogen) atoms. The van der Waals surface area contributed by atoms with Gasteiger partial charge in [0.1, 0.15) is 6.61 Å². The Labute approximate surface area is 121 Å². The van der Waals surface area contributed by atoms with E-state index >= 15 is 0 Å². The summed E-state index contributed by atoms with van der Waals surface area (Å²) in [5.74, 6) is 0.523. The molecule has 1 aromatic carbocycles. The van der Waals surface area contributed by atoms with E-state index < -0.39 is 12.8 Å². The highest BCUT2D eigenvalue weighted by Gasteiger charge is 2.27. The number of rotatable bonds is 8. The summed E-state index contributed by atoms with van der Waals surface area (Å²) in [6, 6.07) is 8.74. The first-order chi connectivity index (χ1) is 9.53. The summed E-state index contributed by atoms with van der Waals surface area (Å²) in [7, 11) is 0. The fourth-order valence-electron chi connectivity index (χ4n) is 1.70. The van der Waals surface area contributed by atoms with Crippen molar-refractivity contribution in [2.24, 2.45) is 0 Å². The molecule has 2 nitrogen and oxygen atoms in total. The van der Waals surface area contributed by atoms with Crippen molar-refractivity contribution in [3.05, 3.63) is 29.8 Å². The van der Waals surface area contributed by atoms with Crippen LogP contribution in [-0.4, -0.2) is 31.2 Å². The maximum Gasteiger partial charge on any atom is 0.411 e. The Hall–Kier alpha value is -0.720. The molecule has 1 aliphatic carbocycles. The van der Waals surface area contributed by atoms with Gasteiger partial charge in [0, 0.05) is 23.2 Å². The van der Waals surface area contributed by atoms with Crippen LogP contribution in [0.5, 0.6) is 0 Å². The third-order valence-electron chi connectivity index (χ3n) is 2.83. The molecule has 2 rings (SSSR count). The highest BCUT2D eigenvalue weighted by Crippen LogP contribution is 2.22. The molecule has 0 atom stereocenters. The molecule has 0 amide bonds. The van der Waals surface area contributed by atoms with Gasteiger partial charge < -0.3 is 10.1 Å². The molecule has 0 bridgehead atoms. The molecule has 6 heteroatoms. The highest BCUT2D eigenvalue weighted by atomic mass is 32.2. The first-order valence-corrected chi connectivity index (χ1v) is 7.61. The Bertz CT molecular complexity index is 421. The van der Waals surface area contributed by atoms with E-state index in [1.165, 1.54) is 30.2 Å². The summed E-state index contributed by atoms with van der Waals surface area (Å²) >= 11 is 1.51. The van der Waals surface area contributed by atoms with E-state index in [4.69, 9.17) is 0 Å². The number of halogens is 3. The summed E-state index contributed by atoms with van der Waals surface area (Å²) in [5.41, 5.74) is 1.21. The Morgan fingerprint density at radius 1 is 1.30 bits per heavy atom. The first-order valence-electron chi connectivity index (χ1n) is 6.62. The van der Waals surface area contributed by atoms with Crippen molar-refractivity contribution in [1.82, 2.24) is 5.32 Å². The lowest BCUT2D eigenvalue weighted by Gasteiger charge is -2.08. The molecule has 0 radical (unpaired) electrons. The van der Waals surface area contributed by atoms with Crippen molar-refractivity contribution < 1.29 is 17.9 Å². The Balaban J connectivity index is 1.65. The molecule has 1 aromatic rings. The van der Waals surface area contributed by atoms with E-state index in [0.29, 0.717) is 11.8 Å². The lowest BCUT2D eigenvalue weighted by molar-refractivity contribution is -0.172. The molecule has 0 unspecified atom stereocenters. The maximum absolute atomic E-state index is 11.9. The zero-order valence-corrected chi connectivity index (χ0v) is 11.9. The standard InChI is InChI=1S/C14H18F3NOS/c15-14(16,17)10-19-6-7-20-13-3-1-2-11(8-13)9-18-12-4-5-12/h1-3,8,12,18H,4-7,9-10H2. The van der Waals surface area contributed by atoms with Crippen molar-refractivity contribution in [3.8, 4) is 0 Å². The van der Waals surface area contributed by atoms with Gasteiger partial charge in [0.05, 0.1) is 6.61 Å². The number of nitrogens with one attached hydrogen (secondary N) is 1. The average Bonchev–Trinajstić information content (AvgIpc) is 3.19. The zero-order chi connectivity index (χ0) is 14.4. The minimum atomic E-state index is -4.24. The number of thioether (sulfide) groups is 1. The lowest BCUT2D eigenvalue weighted by Crippen LogP contribution is -2.17. The van der Waals surface area contributed by atoms with Gasteiger partial charge in [0.25, 0.3) is 0 Å². The van der Waals surface area contributed by atoms with Gasteiger partial charge in [-0.25, -0.2) is 0 Å². The molecular formula is C14H18F3NOS. The fourth-order valence-corrected chi connectivity index (χ4v) is 2.55. The summed E-state index contributed by atoms with van der Waals surface area (Å²) in [6.45, 7) is -0.211. The number of hydrogen-bond acceptors (Lipinski definition) is 3. The van der Waals surface area contributed by atoms with Crippen LogP contribution in [-0.2, 0) is 11.3 Å². The summed E-state index contributed by atoms with van der Waals surface area (Å²) in [4.78, 5) is 1.07. The van der Waals surface area contributed by atoms with E-state index in [0.717, 1.165) is 11.4 Å². The van der Waals surface area contributed by atoms with Gasteiger partial charge in [-0.1, -0.05) is 12.1 Å². The molecule has 0 heterocycles. The molecule has 0 spiro atoms. The van der Waals surface area contributed by atoms with E-state index in [9.17, 15) is 13.2 Å². The van der Waals surface area contributed by atoms with Crippen LogP contribution in [0.15, 0.2) is 29.2 Å². The molecule has 0 aromatic heterocycles. The number of ether oxygens (including phenoxy) is 1. The van der Waals surface area contributed by atoms with Gasteiger partial charge in [0.15, 0.2) is 0 Å². The molecule has 1 N–H and O–H groups in total. The third-order valence-corrected chi connectivity index (χ3v) is 3.79. The van der Waals surface area contributed by atoms with Gasteiger partial charge >= 0.3 is 6.18 Å². The Morgan fingerprint density at radius 2 is 2.10 bits per heavy atom. The second-order valence-corrected chi connectivity index (χ2v) is 5.99. The van der Waals surface area contributed by atoms with Crippen LogP contribution in [0.2, 0.25) is 0 Å². The highest BCUT2D eigenvalue weighted by molar-refractivity contribution is 7.99. The Kier molecular flexibility index (Phi) is 5.74. The van der Waals surface area contributed by atoms with Crippen molar-refractivity contribution in [3.63, 3.8) is 0 Å². The van der Waals surface area contributed by atoms with Crippen molar-refractivity contribution in [1.29, 1.82) is 0 Å². The second kappa shape index (κ2) is 7.33. The molecule has 1 aliphatic rings. The summed E-state index contributed by atoms with van der Waals surface area (Å²) < 4.78 is 40.2. The van der Waals surface area contributed by atoms with Crippen LogP contribution in [0.4, 0.5) is 13.2 Å². The lowest BCUT2D eigenvalue weighted by atomic mass is 10.2. The fraction of sp³-hybridized carbons (Fsp3) is 0.571. The summed E-state index contributed by atoms with van der Waals surface area (Å²) in [6.07, 6.45) is -1.73. The second-order valence-electron chi connectivity index (χ2n) is 4.82. The summed E-state index contributed by atoms with van der Waals surface area (Å²) in [5, 5.41) is 3.43. The molecule has 0 aliphatic heterocycles. The van der Waals surface area contributed by atoms with Crippen molar-refractivity contribution in [2.45, 2.75) is 36.5 Å². The largest absolute Gasteiger partial charge is 0.411 e. The van der Waals surface area contributed by atoms with Crippen LogP contribution in [0.25, 0.3) is 0 Å². The predicted molar refractivity (Wildman–Crippen MR) is 73.9 cm³/mol. The first kappa shape index (κ1) is 15.7. The SMILES string of the molecule is FC(F)(F)COCCSc1cccc(CNC2CC2)c1.